The third-order valence-electron chi connectivity index (χ3n) is 2.75. The quantitative estimate of drug-likeness (QED) is 0.695. The van der Waals surface area contributed by atoms with Crippen molar-refractivity contribution in [3.63, 3.8) is 0 Å². The van der Waals surface area contributed by atoms with Crippen LogP contribution in [-0.4, -0.2) is 23.8 Å². The van der Waals surface area contributed by atoms with E-state index in [0.717, 1.165) is 12.2 Å². The van der Waals surface area contributed by atoms with Crippen molar-refractivity contribution in [1.29, 1.82) is 0 Å². The lowest BCUT2D eigenvalue weighted by atomic mass is 10.2. The lowest BCUT2D eigenvalue weighted by Crippen LogP contribution is -2.22. The molecule has 1 unspecified atom stereocenters. The van der Waals surface area contributed by atoms with Gasteiger partial charge in [-0.15, -0.1) is 0 Å². The van der Waals surface area contributed by atoms with Crippen molar-refractivity contribution in [3.8, 4) is 11.5 Å². The molecule has 1 atom stereocenters. The predicted molar refractivity (Wildman–Crippen MR) is 73.8 cm³/mol. The first-order valence-corrected chi connectivity index (χ1v) is 6.75. The molecule has 106 valence electrons. The van der Waals surface area contributed by atoms with Crippen molar-refractivity contribution in [2.24, 2.45) is 0 Å². The number of carboxylic acids is 1. The van der Waals surface area contributed by atoms with Crippen molar-refractivity contribution >= 4 is 5.97 Å². The van der Waals surface area contributed by atoms with Crippen molar-refractivity contribution in [2.45, 2.75) is 45.6 Å². The minimum atomic E-state index is -0.976. The van der Waals surface area contributed by atoms with E-state index in [-0.39, 0.29) is 0 Å². The van der Waals surface area contributed by atoms with Crippen LogP contribution in [0, 0.1) is 0 Å². The molecule has 4 heteroatoms. The van der Waals surface area contributed by atoms with Gasteiger partial charge in [-0.3, -0.25) is 0 Å². The third kappa shape index (κ3) is 6.13. The Bertz CT molecular complexity index is 372. The fraction of sp³-hybridized carbons (Fsp3) is 0.533. The van der Waals surface area contributed by atoms with Gasteiger partial charge in [-0.1, -0.05) is 26.2 Å². The second-order valence-electron chi connectivity index (χ2n) is 4.48. The fourth-order valence-corrected chi connectivity index (χ4v) is 1.59. The van der Waals surface area contributed by atoms with Gasteiger partial charge in [0.1, 0.15) is 11.5 Å². The van der Waals surface area contributed by atoms with Gasteiger partial charge in [0.25, 0.3) is 0 Å². The first kappa shape index (κ1) is 15.3. The van der Waals surface area contributed by atoms with E-state index in [2.05, 4.69) is 6.92 Å². The summed E-state index contributed by atoms with van der Waals surface area (Å²) in [6, 6.07) is 7.04. The highest BCUT2D eigenvalue weighted by Crippen LogP contribution is 2.19. The summed E-state index contributed by atoms with van der Waals surface area (Å²) in [6.07, 6.45) is 3.85. The molecule has 1 N–H and O–H groups in total. The van der Waals surface area contributed by atoms with Gasteiger partial charge in [0.15, 0.2) is 6.10 Å². The summed E-state index contributed by atoms with van der Waals surface area (Å²) < 4.78 is 10.8. The van der Waals surface area contributed by atoms with Crippen LogP contribution in [0.4, 0.5) is 0 Å². The Kier molecular flexibility index (Phi) is 6.79. The van der Waals surface area contributed by atoms with E-state index in [9.17, 15) is 4.79 Å². The van der Waals surface area contributed by atoms with Crippen LogP contribution in [0.5, 0.6) is 11.5 Å². The highest BCUT2D eigenvalue weighted by Gasteiger charge is 2.11. The first-order valence-electron chi connectivity index (χ1n) is 6.75. The molecule has 0 amide bonds. The lowest BCUT2D eigenvalue weighted by molar-refractivity contribution is -0.144. The van der Waals surface area contributed by atoms with E-state index in [0.29, 0.717) is 12.4 Å². The van der Waals surface area contributed by atoms with E-state index >= 15 is 0 Å². The van der Waals surface area contributed by atoms with Gasteiger partial charge in [0, 0.05) is 0 Å². The molecule has 0 aliphatic rings. The molecule has 0 spiro atoms. The van der Waals surface area contributed by atoms with Crippen LogP contribution < -0.4 is 9.47 Å². The number of carboxylic acid groups (broad SMARTS) is 1. The number of rotatable bonds is 9. The largest absolute Gasteiger partial charge is 0.494 e. The fourth-order valence-electron chi connectivity index (χ4n) is 1.59. The van der Waals surface area contributed by atoms with E-state index in [1.807, 2.05) is 0 Å². The monoisotopic (exact) mass is 266 g/mol. The Balaban J connectivity index is 2.33. The normalized spacial score (nSPS) is 11.9. The SMILES string of the molecule is CCCCCCOc1ccc(OC(C)C(=O)O)cc1. The highest BCUT2D eigenvalue weighted by molar-refractivity contribution is 5.72. The van der Waals surface area contributed by atoms with E-state index in [1.54, 1.807) is 24.3 Å². The van der Waals surface area contributed by atoms with Crippen LogP contribution in [-0.2, 0) is 4.79 Å². The predicted octanol–water partition coefficient (Wildman–Crippen LogP) is 3.50. The zero-order chi connectivity index (χ0) is 14.1. The van der Waals surface area contributed by atoms with Crippen LogP contribution in [0.3, 0.4) is 0 Å². The van der Waals surface area contributed by atoms with Crippen molar-refractivity contribution in [3.05, 3.63) is 24.3 Å². The Morgan fingerprint density at radius 1 is 1.16 bits per heavy atom. The molecule has 0 heterocycles. The topological polar surface area (TPSA) is 55.8 Å². The summed E-state index contributed by atoms with van der Waals surface area (Å²) in [5.74, 6) is 0.344. The van der Waals surface area contributed by atoms with Gasteiger partial charge >= 0.3 is 5.97 Å². The van der Waals surface area contributed by atoms with Crippen molar-refractivity contribution in [1.82, 2.24) is 0 Å². The van der Waals surface area contributed by atoms with Crippen molar-refractivity contribution < 1.29 is 19.4 Å². The molecule has 1 aromatic rings. The minimum Gasteiger partial charge on any atom is -0.494 e. The average Bonchev–Trinajstić information content (AvgIpc) is 2.40. The number of unbranched alkanes of at least 4 members (excludes halogenated alkanes) is 3. The molecule has 0 saturated carbocycles. The smallest absolute Gasteiger partial charge is 0.344 e. The number of ether oxygens (including phenoxy) is 2. The molecule has 0 aliphatic carbocycles. The van der Waals surface area contributed by atoms with Gasteiger partial charge in [0.05, 0.1) is 6.61 Å². The summed E-state index contributed by atoms with van der Waals surface area (Å²) in [4.78, 5) is 10.6. The first-order chi connectivity index (χ1) is 9.13. The molecule has 0 aromatic heterocycles. The zero-order valence-corrected chi connectivity index (χ0v) is 11.6. The van der Waals surface area contributed by atoms with Crippen LogP contribution >= 0.6 is 0 Å². The molecule has 1 aromatic carbocycles. The van der Waals surface area contributed by atoms with Crippen LogP contribution in [0.15, 0.2) is 24.3 Å². The second-order valence-corrected chi connectivity index (χ2v) is 4.48. The van der Waals surface area contributed by atoms with Gasteiger partial charge in [-0.25, -0.2) is 4.79 Å². The van der Waals surface area contributed by atoms with E-state index in [1.165, 1.54) is 26.2 Å². The third-order valence-corrected chi connectivity index (χ3v) is 2.75. The number of hydrogen-bond donors (Lipinski definition) is 1. The number of aliphatic carboxylic acids is 1. The van der Waals surface area contributed by atoms with Crippen molar-refractivity contribution in [2.75, 3.05) is 6.61 Å². The molecular formula is C15H22O4. The molecule has 0 bridgehead atoms. The Morgan fingerprint density at radius 2 is 1.79 bits per heavy atom. The standard InChI is InChI=1S/C15H22O4/c1-3-4-5-6-11-18-13-7-9-14(10-8-13)19-12(2)15(16)17/h7-10,12H,3-6,11H2,1-2H3,(H,16,17). The Morgan fingerprint density at radius 3 is 2.37 bits per heavy atom. The van der Waals surface area contributed by atoms with Gasteiger partial charge < -0.3 is 14.6 Å². The molecule has 0 radical (unpaired) electrons. The van der Waals surface area contributed by atoms with E-state index in [4.69, 9.17) is 14.6 Å². The molecule has 4 nitrogen and oxygen atoms in total. The molecule has 0 saturated heterocycles. The maximum atomic E-state index is 10.6. The highest BCUT2D eigenvalue weighted by atomic mass is 16.5. The Hall–Kier alpha value is -1.71. The van der Waals surface area contributed by atoms with Gasteiger partial charge in [0.2, 0.25) is 0 Å². The summed E-state index contributed by atoms with van der Waals surface area (Å²) in [6.45, 7) is 4.39. The maximum Gasteiger partial charge on any atom is 0.344 e. The molecule has 0 aliphatic heterocycles. The average molecular weight is 266 g/mol. The molecular weight excluding hydrogens is 244 g/mol. The van der Waals surface area contributed by atoms with Crippen LogP contribution in [0.1, 0.15) is 39.5 Å². The summed E-state index contributed by atoms with van der Waals surface area (Å²) >= 11 is 0. The minimum absolute atomic E-state index is 0.535. The summed E-state index contributed by atoms with van der Waals surface area (Å²) in [5.41, 5.74) is 0. The zero-order valence-electron chi connectivity index (χ0n) is 11.6. The van der Waals surface area contributed by atoms with Crippen LogP contribution in [0.2, 0.25) is 0 Å². The Labute approximate surface area is 114 Å². The molecule has 0 fully saturated rings. The number of carbonyl (C=O) groups is 1. The lowest BCUT2D eigenvalue weighted by Gasteiger charge is -2.11. The molecule has 1 rings (SSSR count). The van der Waals surface area contributed by atoms with E-state index < -0.39 is 12.1 Å². The number of benzene rings is 1. The summed E-state index contributed by atoms with van der Waals surface area (Å²) in [7, 11) is 0. The van der Waals surface area contributed by atoms with Gasteiger partial charge in [-0.2, -0.15) is 0 Å². The summed E-state index contributed by atoms with van der Waals surface area (Å²) in [5, 5.41) is 8.74. The maximum absolute atomic E-state index is 10.6. The number of hydrogen-bond acceptors (Lipinski definition) is 3. The van der Waals surface area contributed by atoms with Crippen LogP contribution in [0.25, 0.3) is 0 Å². The molecule has 19 heavy (non-hydrogen) atoms. The van der Waals surface area contributed by atoms with Gasteiger partial charge in [-0.05, 0) is 37.6 Å². The second kappa shape index (κ2) is 8.40.